The third-order valence-corrected chi connectivity index (χ3v) is 4.88. The molecule has 1 aliphatic rings. The summed E-state index contributed by atoms with van der Waals surface area (Å²) in [5.41, 5.74) is 2.24. The Labute approximate surface area is 160 Å². The van der Waals surface area contributed by atoms with E-state index in [1.807, 2.05) is 40.8 Å². The van der Waals surface area contributed by atoms with Gasteiger partial charge in [-0.2, -0.15) is 5.10 Å². The molecule has 3 rings (SSSR count). The lowest BCUT2D eigenvalue weighted by Crippen LogP contribution is -2.50. The largest absolute Gasteiger partial charge is 0.493 e. The molecule has 1 fully saturated rings. The third-order valence-electron chi connectivity index (χ3n) is 4.88. The average molecular weight is 372 g/mol. The zero-order valence-electron chi connectivity index (χ0n) is 16.4. The maximum absolute atomic E-state index is 12.4. The van der Waals surface area contributed by atoms with Crippen LogP contribution in [0.3, 0.4) is 0 Å². The van der Waals surface area contributed by atoms with Crippen LogP contribution in [0, 0.1) is 13.8 Å². The number of carbonyl (C=O) groups is 1. The summed E-state index contributed by atoms with van der Waals surface area (Å²) in [5.74, 6) is 1.25. The van der Waals surface area contributed by atoms with Crippen LogP contribution in [0.4, 0.5) is 0 Å². The van der Waals surface area contributed by atoms with Gasteiger partial charge in [0.2, 0.25) is 0 Å². The summed E-state index contributed by atoms with van der Waals surface area (Å²) in [6, 6.07) is 9.46. The van der Waals surface area contributed by atoms with Gasteiger partial charge in [0.15, 0.2) is 18.1 Å². The van der Waals surface area contributed by atoms with Gasteiger partial charge in [-0.25, -0.2) is 0 Å². The van der Waals surface area contributed by atoms with Crippen molar-refractivity contribution in [2.24, 2.45) is 0 Å². The number of para-hydroxylation sites is 2. The second-order valence-electron chi connectivity index (χ2n) is 6.81. The molecular formula is C20H28N4O3. The first-order chi connectivity index (χ1) is 13.1. The van der Waals surface area contributed by atoms with Crippen molar-refractivity contribution in [2.75, 3.05) is 46.4 Å². The minimum absolute atomic E-state index is 0.0131. The first kappa shape index (κ1) is 19.2. The van der Waals surface area contributed by atoms with Gasteiger partial charge in [0.05, 0.1) is 19.3 Å². The van der Waals surface area contributed by atoms with E-state index >= 15 is 0 Å². The average Bonchev–Trinajstić information content (AvgIpc) is 3.02. The van der Waals surface area contributed by atoms with E-state index < -0.39 is 0 Å². The Morgan fingerprint density at radius 3 is 2.41 bits per heavy atom. The first-order valence-electron chi connectivity index (χ1n) is 9.34. The lowest BCUT2D eigenvalue weighted by atomic mass is 10.3. The van der Waals surface area contributed by atoms with Crippen molar-refractivity contribution in [3.05, 3.63) is 41.7 Å². The van der Waals surface area contributed by atoms with Gasteiger partial charge in [-0.3, -0.25) is 14.4 Å². The number of piperazine rings is 1. The highest BCUT2D eigenvalue weighted by Crippen LogP contribution is 2.25. The first-order valence-corrected chi connectivity index (χ1v) is 9.34. The molecule has 2 aromatic rings. The number of rotatable bonds is 7. The number of nitrogens with zero attached hydrogens (tertiary/aromatic N) is 4. The number of amides is 1. The minimum atomic E-state index is 0.0131. The molecule has 1 aromatic carbocycles. The second kappa shape index (κ2) is 8.90. The normalized spacial score (nSPS) is 15.0. The second-order valence-corrected chi connectivity index (χ2v) is 6.81. The topological polar surface area (TPSA) is 59.8 Å². The fourth-order valence-corrected chi connectivity index (χ4v) is 3.33. The standard InChI is InChI=1S/C20H28N4O3/c1-16-14-17(2)24(21-16)13-10-22-8-11-23(12-9-22)20(25)15-27-19-7-5-4-6-18(19)26-3/h4-7,14H,8-13,15H2,1-3H3. The van der Waals surface area contributed by atoms with Gasteiger partial charge in [0.1, 0.15) is 0 Å². The van der Waals surface area contributed by atoms with Crippen molar-refractivity contribution in [3.8, 4) is 11.5 Å². The predicted octanol–water partition coefficient (Wildman–Crippen LogP) is 1.73. The molecule has 0 spiro atoms. The number of carbonyl (C=O) groups excluding carboxylic acids is 1. The van der Waals surface area contributed by atoms with E-state index in [-0.39, 0.29) is 12.5 Å². The maximum atomic E-state index is 12.4. The Kier molecular flexibility index (Phi) is 6.34. The smallest absolute Gasteiger partial charge is 0.260 e. The molecule has 146 valence electrons. The van der Waals surface area contributed by atoms with Crippen LogP contribution >= 0.6 is 0 Å². The molecule has 0 atom stereocenters. The van der Waals surface area contributed by atoms with E-state index in [4.69, 9.17) is 9.47 Å². The zero-order chi connectivity index (χ0) is 19.2. The Morgan fingerprint density at radius 2 is 1.78 bits per heavy atom. The molecule has 0 radical (unpaired) electrons. The van der Waals surface area contributed by atoms with Crippen molar-refractivity contribution in [3.63, 3.8) is 0 Å². The predicted molar refractivity (Wildman–Crippen MR) is 103 cm³/mol. The zero-order valence-corrected chi connectivity index (χ0v) is 16.4. The number of aryl methyl sites for hydroxylation is 2. The van der Waals surface area contributed by atoms with E-state index in [0.29, 0.717) is 11.5 Å². The summed E-state index contributed by atoms with van der Waals surface area (Å²) in [6.45, 7) is 9.16. The molecule has 0 unspecified atom stereocenters. The van der Waals surface area contributed by atoms with E-state index in [1.54, 1.807) is 7.11 Å². The monoisotopic (exact) mass is 372 g/mol. The fraction of sp³-hybridized carbons (Fsp3) is 0.500. The van der Waals surface area contributed by atoms with Crippen LogP contribution in [0.5, 0.6) is 11.5 Å². The molecule has 7 nitrogen and oxygen atoms in total. The van der Waals surface area contributed by atoms with Gasteiger partial charge in [-0.1, -0.05) is 12.1 Å². The molecule has 0 N–H and O–H groups in total. The van der Waals surface area contributed by atoms with Crippen molar-refractivity contribution in [1.29, 1.82) is 0 Å². The molecule has 0 bridgehead atoms. The molecule has 1 saturated heterocycles. The van der Waals surface area contributed by atoms with Gasteiger partial charge in [0, 0.05) is 38.4 Å². The number of aromatic nitrogens is 2. The highest BCUT2D eigenvalue weighted by molar-refractivity contribution is 5.78. The Hall–Kier alpha value is -2.54. The summed E-state index contributed by atoms with van der Waals surface area (Å²) < 4.78 is 12.9. The summed E-state index contributed by atoms with van der Waals surface area (Å²) in [6.07, 6.45) is 0. The van der Waals surface area contributed by atoms with Gasteiger partial charge in [0.25, 0.3) is 5.91 Å². The molecule has 1 aliphatic heterocycles. The van der Waals surface area contributed by atoms with Crippen LogP contribution < -0.4 is 9.47 Å². The van der Waals surface area contributed by atoms with Gasteiger partial charge < -0.3 is 14.4 Å². The van der Waals surface area contributed by atoms with E-state index in [9.17, 15) is 4.79 Å². The lowest BCUT2D eigenvalue weighted by molar-refractivity contribution is -0.135. The Bertz CT molecular complexity index is 766. The Morgan fingerprint density at radius 1 is 1.07 bits per heavy atom. The van der Waals surface area contributed by atoms with Crippen molar-refractivity contribution in [2.45, 2.75) is 20.4 Å². The number of methoxy groups -OCH3 is 1. The van der Waals surface area contributed by atoms with Crippen molar-refractivity contribution in [1.82, 2.24) is 19.6 Å². The highest BCUT2D eigenvalue weighted by Gasteiger charge is 2.21. The van der Waals surface area contributed by atoms with Gasteiger partial charge in [-0.05, 0) is 32.0 Å². The highest BCUT2D eigenvalue weighted by atomic mass is 16.5. The van der Waals surface area contributed by atoms with Crippen LogP contribution in [0.1, 0.15) is 11.4 Å². The molecule has 2 heterocycles. The van der Waals surface area contributed by atoms with Gasteiger partial charge >= 0.3 is 0 Å². The van der Waals surface area contributed by atoms with E-state index in [2.05, 4.69) is 23.0 Å². The van der Waals surface area contributed by atoms with Crippen molar-refractivity contribution < 1.29 is 14.3 Å². The van der Waals surface area contributed by atoms with Crippen LogP contribution in [-0.4, -0.2) is 71.9 Å². The molecule has 0 saturated carbocycles. The summed E-state index contributed by atoms with van der Waals surface area (Å²) in [7, 11) is 1.59. The summed E-state index contributed by atoms with van der Waals surface area (Å²) in [4.78, 5) is 16.7. The molecule has 0 aliphatic carbocycles. The quantitative estimate of drug-likeness (QED) is 0.741. The van der Waals surface area contributed by atoms with Crippen molar-refractivity contribution >= 4 is 5.91 Å². The number of ether oxygens (including phenoxy) is 2. The molecule has 7 heteroatoms. The van der Waals surface area contributed by atoms with Crippen LogP contribution in [0.25, 0.3) is 0 Å². The molecule has 1 aromatic heterocycles. The lowest BCUT2D eigenvalue weighted by Gasteiger charge is -2.34. The Balaban J connectivity index is 1.42. The van der Waals surface area contributed by atoms with Crippen LogP contribution in [-0.2, 0) is 11.3 Å². The third kappa shape index (κ3) is 5.01. The van der Waals surface area contributed by atoms with E-state index in [1.165, 1.54) is 5.69 Å². The maximum Gasteiger partial charge on any atom is 0.260 e. The SMILES string of the molecule is COc1ccccc1OCC(=O)N1CCN(CCn2nc(C)cc2C)CC1. The molecule has 27 heavy (non-hydrogen) atoms. The van der Waals surface area contributed by atoms with E-state index in [0.717, 1.165) is 45.0 Å². The molecule has 1 amide bonds. The summed E-state index contributed by atoms with van der Waals surface area (Å²) in [5, 5.41) is 4.50. The summed E-state index contributed by atoms with van der Waals surface area (Å²) >= 11 is 0. The number of benzene rings is 1. The minimum Gasteiger partial charge on any atom is -0.493 e. The van der Waals surface area contributed by atoms with Crippen LogP contribution in [0.2, 0.25) is 0 Å². The fourth-order valence-electron chi connectivity index (χ4n) is 3.33. The van der Waals surface area contributed by atoms with Gasteiger partial charge in [-0.15, -0.1) is 0 Å². The van der Waals surface area contributed by atoms with Crippen LogP contribution in [0.15, 0.2) is 30.3 Å². The number of hydrogen-bond acceptors (Lipinski definition) is 5. The molecular weight excluding hydrogens is 344 g/mol. The number of hydrogen-bond donors (Lipinski definition) is 0.